The van der Waals surface area contributed by atoms with Crippen molar-refractivity contribution in [1.29, 1.82) is 0 Å². The number of likely N-dealkylation sites (tertiary alicyclic amines) is 2. The predicted molar refractivity (Wildman–Crippen MR) is 423 cm³/mol. The third kappa shape index (κ3) is 21.4. The van der Waals surface area contributed by atoms with Crippen LogP contribution < -0.4 is 47.9 Å². The molecule has 6 aromatic heterocycles. The molecule has 3 aliphatic carbocycles. The number of rotatable bonds is 36. The zero-order valence-corrected chi connectivity index (χ0v) is 67.4. The number of halogens is 6. The Morgan fingerprint density at radius 1 is 0.487 bits per heavy atom. The van der Waals surface area contributed by atoms with Crippen molar-refractivity contribution in [2.75, 3.05) is 107 Å². The zero-order chi connectivity index (χ0) is 81.2. The second-order valence-electron chi connectivity index (χ2n) is 32.2. The number of carbonyl (C=O) groups excluding carboxylic acids is 3. The van der Waals surface area contributed by atoms with E-state index >= 15 is 0 Å². The summed E-state index contributed by atoms with van der Waals surface area (Å²) < 4.78 is 140. The Morgan fingerprint density at radius 3 is 1.15 bits per heavy atom. The molecule has 6 fully saturated rings. The van der Waals surface area contributed by atoms with Gasteiger partial charge in [0.05, 0.1) is 83.4 Å². The Balaban J connectivity index is 0.000000152. The molecule has 0 spiro atoms. The highest BCUT2D eigenvalue weighted by atomic mass is 28.4. The van der Waals surface area contributed by atoms with E-state index in [4.69, 9.17) is 52.2 Å². The first-order valence-electron chi connectivity index (χ1n) is 39.6. The van der Waals surface area contributed by atoms with Crippen LogP contribution in [0.15, 0.2) is 110 Å². The van der Waals surface area contributed by atoms with E-state index in [0.29, 0.717) is 125 Å². The third-order valence-corrected chi connectivity index (χ3v) is 27.2. The molecule has 0 unspecified atom stereocenters. The normalized spacial score (nSPS) is 17.9. The van der Waals surface area contributed by atoms with Crippen LogP contribution in [0.3, 0.4) is 0 Å². The maximum atomic E-state index is 13.4. The first-order valence-corrected chi connectivity index (χ1v) is 42.5. The van der Waals surface area contributed by atoms with Gasteiger partial charge in [0.15, 0.2) is 25.7 Å². The minimum Gasteiger partial charge on any atom is -0.496 e. The van der Waals surface area contributed by atoms with Crippen molar-refractivity contribution in [3.63, 3.8) is 0 Å². The molecule has 0 amide bonds. The van der Waals surface area contributed by atoms with Gasteiger partial charge in [0.2, 0.25) is 0 Å². The fourth-order valence-corrected chi connectivity index (χ4v) is 15.8. The van der Waals surface area contributed by atoms with Crippen molar-refractivity contribution in [2.24, 2.45) is 35.5 Å². The summed E-state index contributed by atoms with van der Waals surface area (Å²) in [4.78, 5) is 56.8. The van der Waals surface area contributed by atoms with E-state index in [1.807, 2.05) is 68.2 Å². The number of ketones is 3. The molecule has 3 aromatic carbocycles. The van der Waals surface area contributed by atoms with Gasteiger partial charge in [-0.15, -0.1) is 0 Å². The van der Waals surface area contributed by atoms with E-state index in [0.717, 1.165) is 122 Å². The predicted octanol–water partition coefficient (Wildman–Crippen LogP) is 16.2. The molecule has 15 rings (SSSR count). The summed E-state index contributed by atoms with van der Waals surface area (Å²) in [7, 11) is 2.51. The Bertz CT molecular complexity index is 4860. The molecule has 6 aliphatic rings. The molecule has 0 radical (unpaired) electrons. The highest BCUT2D eigenvalue weighted by Gasteiger charge is 2.38. The summed E-state index contributed by atoms with van der Waals surface area (Å²) in [6, 6.07) is 20.5. The number of methoxy groups -OCH3 is 3. The lowest BCUT2D eigenvalue weighted by Crippen LogP contribution is -2.42. The van der Waals surface area contributed by atoms with Gasteiger partial charge in [-0.25, -0.2) is 15.0 Å². The lowest BCUT2D eigenvalue weighted by Gasteiger charge is -2.36. The van der Waals surface area contributed by atoms with Crippen LogP contribution in [0.4, 0.5) is 26.3 Å². The molecule has 9 heterocycles. The van der Waals surface area contributed by atoms with Gasteiger partial charge in [0.1, 0.15) is 85.4 Å². The van der Waals surface area contributed by atoms with Crippen molar-refractivity contribution < 1.29 is 92.9 Å². The van der Waals surface area contributed by atoms with Crippen LogP contribution in [0.25, 0.3) is 50.7 Å². The fourth-order valence-electron chi connectivity index (χ4n) is 14.7. The number of β-amino-alcohol motifs (C(OH)–C–C–N with tert-alkyl or cyclic N) is 1. The van der Waals surface area contributed by atoms with Gasteiger partial charge in [0.25, 0.3) is 0 Å². The quantitative estimate of drug-likeness (QED) is 0.0211. The first kappa shape index (κ1) is 83.5. The first-order chi connectivity index (χ1) is 55.3. The Morgan fingerprint density at radius 2 is 0.835 bits per heavy atom. The number of nitrogens with one attached hydrogen (secondary N) is 1. The average molecular weight is 1620 g/mol. The maximum Gasteiger partial charge on any atom is 0.387 e. The summed E-state index contributed by atoms with van der Waals surface area (Å²) in [6.45, 7) is 12.4. The molecule has 30 heteroatoms. The van der Waals surface area contributed by atoms with Crippen molar-refractivity contribution in [3.8, 4) is 85.5 Å². The van der Waals surface area contributed by atoms with E-state index in [1.165, 1.54) is 39.5 Å². The molecule has 3 aliphatic heterocycles. The molecule has 3 atom stereocenters. The van der Waals surface area contributed by atoms with Crippen molar-refractivity contribution in [3.05, 3.63) is 127 Å². The van der Waals surface area contributed by atoms with Crippen molar-refractivity contribution in [2.45, 2.75) is 136 Å². The Labute approximate surface area is 665 Å². The van der Waals surface area contributed by atoms with E-state index in [2.05, 4.69) is 63.9 Å². The zero-order valence-electron chi connectivity index (χ0n) is 66.4. The van der Waals surface area contributed by atoms with Crippen LogP contribution in [0.5, 0.6) is 51.7 Å². The largest absolute Gasteiger partial charge is 0.496 e. The molecule has 2 N–H and O–H groups in total. The molecule has 0 bridgehead atoms. The topological polar surface area (TPSA) is 234 Å². The van der Waals surface area contributed by atoms with Crippen molar-refractivity contribution >= 4 is 42.6 Å². The highest BCUT2D eigenvalue weighted by Crippen LogP contribution is 2.45. The lowest BCUT2D eigenvalue weighted by atomic mass is 10.00. The number of aliphatic hydroxyl groups excluding tert-OH is 1. The average Bonchev–Trinajstić information content (AvgIpc) is 1.71. The third-order valence-electron chi connectivity index (χ3n) is 22.6. The number of alkyl halides is 6. The van der Waals surface area contributed by atoms with Gasteiger partial charge >= 0.3 is 19.8 Å². The monoisotopic (exact) mass is 1620 g/mol. The van der Waals surface area contributed by atoms with Crippen LogP contribution in [0.1, 0.15) is 129 Å². The van der Waals surface area contributed by atoms with Gasteiger partial charge in [-0.05, 0) is 168 Å². The number of ether oxygens (including phenoxy) is 9. The number of Topliss-reactive ketones (excluding diaryl/α,β-unsaturated/α-hetero) is 3. The number of imidazole rings is 3. The number of hydrogen-bond acceptors (Lipinski definition) is 20. The summed E-state index contributed by atoms with van der Waals surface area (Å²) in [5, 5.41) is 12.7. The van der Waals surface area contributed by atoms with Crippen LogP contribution in [0, 0.1) is 35.5 Å². The van der Waals surface area contributed by atoms with Gasteiger partial charge in [-0.2, -0.15) is 26.3 Å². The van der Waals surface area contributed by atoms with Crippen molar-refractivity contribution in [1.82, 2.24) is 43.3 Å². The summed E-state index contributed by atoms with van der Waals surface area (Å²) in [5.41, 5.74) is 5.67. The molecule has 115 heavy (non-hydrogen) atoms. The molecular formula is C85H103F6N9O14Si. The number of hydrogen-bond donors (Lipinski definition) is 2. The number of carbonyl (C=O) groups is 3. The number of aliphatic hydroxyl groups is 1. The summed E-state index contributed by atoms with van der Waals surface area (Å²) in [5.74, 6) is 3.62. The minimum absolute atomic E-state index is 0.0485. The van der Waals surface area contributed by atoms with Crippen LogP contribution in [-0.4, -0.2) is 195 Å². The Hall–Kier alpha value is -9.46. The summed E-state index contributed by atoms with van der Waals surface area (Å²) in [6.07, 6.45) is 20.3. The van der Waals surface area contributed by atoms with Crippen LogP contribution in [0.2, 0.25) is 18.1 Å². The number of nitrogens with zero attached hydrogens (tertiary/aromatic N) is 8. The maximum absolute atomic E-state index is 13.4. The Kier molecular flexibility index (Phi) is 27.0. The van der Waals surface area contributed by atoms with E-state index in [1.54, 1.807) is 36.8 Å². The SMILES string of the molecule is COc1cc(-c2cnc3cc(OC[C@H]4CCN(CCO)C4)ccn23)cc(OC(F)F)c1C(=O)CC1CC1.COc1cc(-c2cnc3cc(OC[C@H]4CCN(CCO[Si](C)(C)C(C)(C)C)C4)ccn23)cc(OC(F)F)c1C(=O)CC1CC1.COc1cc(-c2cnc3cc(OC[C@H]4CCNC4)ccn23)cc(OC(F)F)c1C(=O)CC1CC1. The van der Waals surface area contributed by atoms with Gasteiger partial charge in [0, 0.05) is 130 Å². The fraction of sp³-hybridized carbons (Fsp3) is 0.506. The lowest BCUT2D eigenvalue weighted by molar-refractivity contribution is -0.0509. The molecular weight excluding hydrogens is 1510 g/mol. The number of aromatic nitrogens is 6. The number of benzene rings is 3. The van der Waals surface area contributed by atoms with Crippen LogP contribution >= 0.6 is 0 Å². The molecule has 3 saturated heterocycles. The van der Waals surface area contributed by atoms with Gasteiger partial charge < -0.3 is 67.3 Å². The summed E-state index contributed by atoms with van der Waals surface area (Å²) >= 11 is 0. The molecule has 618 valence electrons. The molecule has 23 nitrogen and oxygen atoms in total. The second kappa shape index (κ2) is 37.2. The van der Waals surface area contributed by atoms with Gasteiger partial charge in [-0.3, -0.25) is 27.6 Å². The second-order valence-corrected chi connectivity index (χ2v) is 37.0. The van der Waals surface area contributed by atoms with E-state index < -0.39 is 28.2 Å². The standard InChI is InChI=1S/C33H45F2N3O5Si.C27H31F2N3O5.C25H27F2N3O4/c1-33(2,3)44(5,6)42-14-13-37-11-9-23(20-37)21-41-25-10-12-38-26(19-36-30(38)18-25)24-16-28(40-4)31(27(39)15-22-7-8-22)29(17-24)43-32(34)35;1-35-23-11-19(12-24(37-27(28)29)26(23)22(34)10-17-2-3-17)21-14-30-25-13-20(5-7-32(21)25)36-16-18-4-6-31(15-18)8-9-33;1-32-21-9-17(10-22(34-25(26)27)24(21)20(31)8-15-2-3-15)19-13-29-23-11-18(5-7-30(19)23)33-14-16-4-6-28-12-16/h10,12,16-19,22-23,32H,7-9,11,13-15,20-21H2,1-6H3;5,7,11-14,17-18,27,33H,2-4,6,8-10,15-16H2,1H3;5,7,9-11,13,15-16,25,28H,2-4,6,8,12,14H2,1H3/t23-;18-;16-/m000/s1. The van der Waals surface area contributed by atoms with Crippen LogP contribution in [-0.2, 0) is 4.43 Å². The highest BCUT2D eigenvalue weighted by molar-refractivity contribution is 6.74. The minimum atomic E-state index is -3.08. The van der Waals surface area contributed by atoms with Gasteiger partial charge in [-0.1, -0.05) is 20.8 Å². The molecule has 3 saturated carbocycles. The van der Waals surface area contributed by atoms with E-state index in [9.17, 15) is 40.7 Å². The van der Waals surface area contributed by atoms with E-state index in [-0.39, 0.29) is 93.0 Å². The number of pyridine rings is 3. The smallest absolute Gasteiger partial charge is 0.387 e. The number of fused-ring (bicyclic) bond motifs is 3. The molecule has 9 aromatic rings.